The van der Waals surface area contributed by atoms with Gasteiger partial charge in [0.2, 0.25) is 0 Å². The van der Waals surface area contributed by atoms with E-state index in [1.165, 1.54) is 32.1 Å². The summed E-state index contributed by atoms with van der Waals surface area (Å²) in [7, 11) is -0.176. The largest absolute Gasteiger partial charge is 0.287 e. The summed E-state index contributed by atoms with van der Waals surface area (Å²) in [6.45, 7) is 21.2. The molecule has 1 rings (SSSR count). The maximum atomic E-state index is 4.85. The van der Waals surface area contributed by atoms with E-state index in [0.29, 0.717) is 10.3 Å². The molecule has 2 heteroatoms. The van der Waals surface area contributed by atoms with E-state index in [9.17, 15) is 0 Å². The van der Waals surface area contributed by atoms with Crippen LogP contribution in [-0.2, 0) is 0 Å². The van der Waals surface area contributed by atoms with Crippen molar-refractivity contribution in [1.29, 1.82) is 0 Å². The highest BCUT2D eigenvalue weighted by atomic mass is 31.1. The molecule has 1 aliphatic rings. The third-order valence-electron chi connectivity index (χ3n) is 3.95. The van der Waals surface area contributed by atoms with Crippen molar-refractivity contribution in [2.24, 2.45) is 4.99 Å². The van der Waals surface area contributed by atoms with Crippen LogP contribution < -0.4 is 0 Å². The van der Waals surface area contributed by atoms with Gasteiger partial charge in [-0.15, -0.1) is 0 Å². The summed E-state index contributed by atoms with van der Waals surface area (Å²) in [4.78, 5) is 4.85. The molecule has 0 N–H and O–H groups in total. The van der Waals surface area contributed by atoms with Crippen LogP contribution in [0, 0.1) is 0 Å². The van der Waals surface area contributed by atoms with Gasteiger partial charge in [-0.2, -0.15) is 0 Å². The molecule has 0 radical (unpaired) electrons. The van der Waals surface area contributed by atoms with Crippen LogP contribution in [0.3, 0.4) is 0 Å². The monoisotopic (exact) mass is 323 g/mol. The first kappa shape index (κ1) is 19.9. The van der Waals surface area contributed by atoms with Gasteiger partial charge in [0.15, 0.2) is 0 Å². The van der Waals surface area contributed by atoms with E-state index in [0.717, 1.165) is 0 Å². The number of hydrogen-bond acceptors (Lipinski definition) is 1. The predicted octanol–water partition coefficient (Wildman–Crippen LogP) is 7.15. The maximum Gasteiger partial charge on any atom is 0.0524 e. The van der Waals surface area contributed by atoms with Gasteiger partial charge in [-0.3, -0.25) is 4.99 Å². The maximum absolute atomic E-state index is 4.85. The van der Waals surface area contributed by atoms with Crippen molar-refractivity contribution in [3.8, 4) is 0 Å². The van der Waals surface area contributed by atoms with E-state index in [4.69, 9.17) is 4.99 Å². The molecular formula is C20H38NP. The molecular weight excluding hydrogens is 285 g/mol. The average Bonchev–Trinajstić information content (AvgIpc) is 2.47. The molecule has 0 aliphatic heterocycles. The summed E-state index contributed by atoms with van der Waals surface area (Å²) in [5, 5.41) is 2.46. The van der Waals surface area contributed by atoms with Crippen molar-refractivity contribution in [2.75, 3.05) is 0 Å². The number of allylic oxidation sites excluding steroid dienone is 2. The van der Waals surface area contributed by atoms with Gasteiger partial charge in [-0.25, -0.2) is 0 Å². The number of aliphatic imine (C=N–C) groups is 1. The molecule has 0 unspecified atom stereocenters. The molecule has 1 nitrogen and oxygen atoms in total. The lowest BCUT2D eigenvalue weighted by Gasteiger charge is -2.44. The molecule has 0 aromatic heterocycles. The van der Waals surface area contributed by atoms with Crippen LogP contribution in [0.5, 0.6) is 0 Å². The topological polar surface area (TPSA) is 12.4 Å². The van der Waals surface area contributed by atoms with Gasteiger partial charge in [0.1, 0.15) is 0 Å². The fourth-order valence-corrected chi connectivity index (χ4v) is 8.04. The zero-order valence-electron chi connectivity index (χ0n) is 16.5. The smallest absolute Gasteiger partial charge is 0.0524 e. The molecule has 0 heterocycles. The summed E-state index contributed by atoms with van der Waals surface area (Å²) in [6, 6.07) is 0. The van der Waals surface area contributed by atoms with Crippen LogP contribution in [0.15, 0.2) is 15.9 Å². The Bertz CT molecular complexity index is 410. The second-order valence-electron chi connectivity index (χ2n) is 9.64. The van der Waals surface area contributed by atoms with Crippen LogP contribution >= 0.6 is 7.92 Å². The van der Waals surface area contributed by atoms with E-state index >= 15 is 0 Å². The lowest BCUT2D eigenvalue weighted by molar-refractivity contribution is 0.586. The molecule has 1 aliphatic carbocycles. The van der Waals surface area contributed by atoms with E-state index in [-0.39, 0.29) is 13.5 Å². The van der Waals surface area contributed by atoms with Gasteiger partial charge < -0.3 is 0 Å². The van der Waals surface area contributed by atoms with Gasteiger partial charge in [-0.05, 0) is 67.7 Å². The highest BCUT2D eigenvalue weighted by Gasteiger charge is 2.38. The van der Waals surface area contributed by atoms with E-state index in [2.05, 4.69) is 68.5 Å². The Kier molecular flexibility index (Phi) is 6.48. The van der Waals surface area contributed by atoms with Crippen molar-refractivity contribution in [1.82, 2.24) is 0 Å². The Labute approximate surface area is 140 Å². The molecule has 128 valence electrons. The standard InChI is InChI=1S/C20H38NP/c1-18(2,3)21-15-16-13-11-10-12-14-17(16)22(19(4,5)6)20(7,8)9/h15H,10-14H2,1-9H3. The van der Waals surface area contributed by atoms with Crippen molar-refractivity contribution in [2.45, 2.75) is 110 Å². The molecule has 0 aromatic carbocycles. The summed E-state index contributed by atoms with van der Waals surface area (Å²) in [5.74, 6) is 0. The SMILES string of the molecule is CC(C)(C)N=CC1=C(P(C(C)(C)C)C(C)(C)C)CCCCC1. The third-order valence-corrected chi connectivity index (χ3v) is 7.68. The van der Waals surface area contributed by atoms with Crippen molar-refractivity contribution in [3.63, 3.8) is 0 Å². The quantitative estimate of drug-likeness (QED) is 0.378. The Hall–Kier alpha value is -0.160. The Balaban J connectivity index is 3.35. The van der Waals surface area contributed by atoms with Gasteiger partial charge in [-0.1, -0.05) is 55.9 Å². The molecule has 22 heavy (non-hydrogen) atoms. The second-order valence-corrected chi connectivity index (χ2v) is 13.5. The van der Waals surface area contributed by atoms with Crippen LogP contribution in [0.2, 0.25) is 0 Å². The number of hydrogen-bond donors (Lipinski definition) is 0. The first-order valence-electron chi connectivity index (χ1n) is 8.90. The van der Waals surface area contributed by atoms with Crippen molar-refractivity contribution >= 4 is 14.1 Å². The van der Waals surface area contributed by atoms with Crippen LogP contribution in [0.1, 0.15) is 94.4 Å². The summed E-state index contributed by atoms with van der Waals surface area (Å²) < 4.78 is 0. The van der Waals surface area contributed by atoms with E-state index in [1.54, 1.807) is 10.9 Å². The molecule has 0 bridgehead atoms. The zero-order chi connectivity index (χ0) is 17.2. The second kappa shape index (κ2) is 7.16. The minimum atomic E-state index is -0.176. The first-order chi connectivity index (χ1) is 9.82. The molecule has 0 aromatic rings. The zero-order valence-corrected chi connectivity index (χ0v) is 17.4. The van der Waals surface area contributed by atoms with Gasteiger partial charge in [0.05, 0.1) is 5.54 Å². The molecule has 0 spiro atoms. The third kappa shape index (κ3) is 6.15. The van der Waals surface area contributed by atoms with Gasteiger partial charge >= 0.3 is 0 Å². The highest BCUT2D eigenvalue weighted by Crippen LogP contribution is 2.66. The van der Waals surface area contributed by atoms with Crippen LogP contribution in [-0.4, -0.2) is 22.1 Å². The average molecular weight is 324 g/mol. The van der Waals surface area contributed by atoms with Crippen molar-refractivity contribution in [3.05, 3.63) is 10.9 Å². The lowest BCUT2D eigenvalue weighted by Crippen LogP contribution is -2.26. The molecule has 0 fully saturated rings. The van der Waals surface area contributed by atoms with Crippen LogP contribution in [0.25, 0.3) is 0 Å². The summed E-state index contributed by atoms with van der Waals surface area (Å²) in [5.41, 5.74) is 1.58. The molecule has 0 saturated heterocycles. The first-order valence-corrected chi connectivity index (χ1v) is 10.2. The predicted molar refractivity (Wildman–Crippen MR) is 105 cm³/mol. The van der Waals surface area contributed by atoms with Gasteiger partial charge in [0.25, 0.3) is 0 Å². The Morgan fingerprint density at radius 3 is 1.73 bits per heavy atom. The van der Waals surface area contributed by atoms with E-state index < -0.39 is 0 Å². The fraction of sp³-hybridized carbons (Fsp3) is 0.850. The van der Waals surface area contributed by atoms with Crippen LogP contribution in [0.4, 0.5) is 0 Å². The minimum absolute atomic E-state index is 0.0244. The molecule has 0 atom stereocenters. The van der Waals surface area contributed by atoms with Crippen molar-refractivity contribution < 1.29 is 0 Å². The fourth-order valence-electron chi connectivity index (χ4n) is 3.57. The van der Waals surface area contributed by atoms with Gasteiger partial charge in [0, 0.05) is 6.21 Å². The summed E-state index contributed by atoms with van der Waals surface area (Å²) in [6.07, 6.45) is 8.78. The minimum Gasteiger partial charge on any atom is -0.287 e. The van der Waals surface area contributed by atoms with E-state index in [1.807, 2.05) is 0 Å². The Morgan fingerprint density at radius 2 is 1.27 bits per heavy atom. The normalized spacial score (nSPS) is 19.2. The molecule has 0 amide bonds. The lowest BCUT2D eigenvalue weighted by atomic mass is 10.1. The highest BCUT2D eigenvalue weighted by molar-refractivity contribution is 7.65. The summed E-state index contributed by atoms with van der Waals surface area (Å²) >= 11 is 0. The molecule has 0 saturated carbocycles. The Morgan fingerprint density at radius 1 is 0.773 bits per heavy atom. The number of nitrogens with zero attached hydrogens (tertiary/aromatic N) is 1. The number of rotatable bonds is 2.